The van der Waals surface area contributed by atoms with Crippen molar-refractivity contribution in [2.45, 2.75) is 96.5 Å². The van der Waals surface area contributed by atoms with Crippen LogP contribution in [0.25, 0.3) is 0 Å². The molecular weight excluding hydrogens is 602 g/mol. The van der Waals surface area contributed by atoms with E-state index in [0.717, 1.165) is 31.5 Å². The molecule has 0 spiro atoms. The molecule has 0 bridgehead atoms. The Kier molecular flexibility index (Phi) is 10.7. The molecule has 1 amide bonds. The van der Waals surface area contributed by atoms with Gasteiger partial charge in [0, 0.05) is 37.5 Å². The normalized spacial score (nSPS) is 19.1. The minimum atomic E-state index is -1.73. The predicted molar refractivity (Wildman–Crippen MR) is 165 cm³/mol. The van der Waals surface area contributed by atoms with Crippen LogP contribution in [0.4, 0.5) is 13.6 Å². The van der Waals surface area contributed by atoms with Crippen LogP contribution >= 0.6 is 0 Å². The number of ether oxygens (including phenoxy) is 3. The number of oxime groups is 1. The topological polar surface area (TPSA) is 142 Å². The number of benzene rings is 1. The van der Waals surface area contributed by atoms with Crippen LogP contribution in [0.1, 0.15) is 78.6 Å². The van der Waals surface area contributed by atoms with Gasteiger partial charge in [-0.25, -0.2) is 18.4 Å². The van der Waals surface area contributed by atoms with E-state index in [1.54, 1.807) is 11.0 Å². The van der Waals surface area contributed by atoms with Gasteiger partial charge >= 0.3 is 12.1 Å². The van der Waals surface area contributed by atoms with Gasteiger partial charge in [0.05, 0.1) is 11.5 Å². The number of hydrogen-bond acceptors (Lipinski definition) is 10. The average molecular weight is 647 g/mol. The van der Waals surface area contributed by atoms with E-state index in [0.29, 0.717) is 25.9 Å². The van der Waals surface area contributed by atoms with Gasteiger partial charge in [-0.05, 0) is 80.1 Å². The Bertz CT molecular complexity index is 1420. The highest BCUT2D eigenvalue weighted by Gasteiger charge is 2.38. The minimum absolute atomic E-state index is 0.131. The van der Waals surface area contributed by atoms with Gasteiger partial charge in [-0.2, -0.15) is 9.97 Å². The van der Waals surface area contributed by atoms with E-state index in [1.165, 1.54) is 19.9 Å². The van der Waals surface area contributed by atoms with Gasteiger partial charge in [0.2, 0.25) is 23.4 Å². The Hall–Kier alpha value is -4.07. The van der Waals surface area contributed by atoms with Gasteiger partial charge in [-0.1, -0.05) is 11.2 Å². The fourth-order valence-electron chi connectivity index (χ4n) is 5.53. The minimum Gasteiger partial charge on any atom is -0.474 e. The van der Waals surface area contributed by atoms with E-state index < -0.39 is 34.2 Å². The van der Waals surface area contributed by atoms with Crippen LogP contribution in [0, 0.1) is 11.6 Å². The molecule has 46 heavy (non-hydrogen) atoms. The first-order valence-corrected chi connectivity index (χ1v) is 15.5. The Balaban J connectivity index is 1.52. The number of nitrogens with two attached hydrogens (primary N) is 1. The quantitative estimate of drug-likeness (QED) is 0.179. The van der Waals surface area contributed by atoms with Gasteiger partial charge in [0.25, 0.3) is 0 Å². The van der Waals surface area contributed by atoms with Crippen LogP contribution in [-0.2, 0) is 19.8 Å². The summed E-state index contributed by atoms with van der Waals surface area (Å²) in [6.07, 6.45) is 2.19. The van der Waals surface area contributed by atoms with Crippen molar-refractivity contribution in [3.05, 3.63) is 47.3 Å². The predicted octanol–water partition coefficient (Wildman–Crippen LogP) is 4.54. The lowest BCUT2D eigenvalue weighted by Crippen LogP contribution is -2.44. The molecule has 2 fully saturated rings. The molecule has 4 rings (SSSR count). The molecule has 0 radical (unpaired) electrons. The summed E-state index contributed by atoms with van der Waals surface area (Å²) in [6, 6.07) is 5.04. The molecule has 0 aliphatic carbocycles. The SMILES string of the molecule is C[C@H](Oc1cc(OC2CCN(C(=O)OC(C)(C)C)CC2)nc(/C(N)=N/OC(=O)C(C)(C)c2c(F)cccc2F)n1)[C@@H]1CCCN1C. The lowest BCUT2D eigenvalue weighted by molar-refractivity contribution is -0.149. The molecule has 12 nitrogen and oxygen atoms in total. The Morgan fingerprint density at radius 3 is 2.24 bits per heavy atom. The van der Waals surface area contributed by atoms with Crippen molar-refractivity contribution in [2.24, 2.45) is 10.9 Å². The third-order valence-electron chi connectivity index (χ3n) is 8.04. The van der Waals surface area contributed by atoms with Crippen LogP contribution in [-0.4, -0.2) is 88.2 Å². The summed E-state index contributed by atoms with van der Waals surface area (Å²) in [6.45, 7) is 11.9. The highest BCUT2D eigenvalue weighted by molar-refractivity contribution is 5.94. The summed E-state index contributed by atoms with van der Waals surface area (Å²) < 4.78 is 46.7. The second-order valence-corrected chi connectivity index (χ2v) is 13.2. The summed E-state index contributed by atoms with van der Waals surface area (Å²) in [5, 5.41) is 3.70. The molecule has 2 aliphatic heterocycles. The molecule has 3 heterocycles. The van der Waals surface area contributed by atoms with Gasteiger partial charge < -0.3 is 29.7 Å². The van der Waals surface area contributed by atoms with Crippen molar-refractivity contribution in [1.82, 2.24) is 19.8 Å². The van der Waals surface area contributed by atoms with E-state index in [1.807, 2.05) is 34.7 Å². The first kappa shape index (κ1) is 34.8. The molecule has 0 unspecified atom stereocenters. The molecule has 2 atom stereocenters. The molecule has 1 aromatic heterocycles. The van der Waals surface area contributed by atoms with Crippen molar-refractivity contribution in [1.29, 1.82) is 0 Å². The number of amidine groups is 1. The molecular formula is C32H44F2N6O6. The Labute approximate surface area is 268 Å². The van der Waals surface area contributed by atoms with Crippen molar-refractivity contribution in [3.63, 3.8) is 0 Å². The van der Waals surface area contributed by atoms with Crippen LogP contribution in [0.3, 0.4) is 0 Å². The number of nitrogens with zero attached hydrogens (tertiary/aromatic N) is 5. The highest BCUT2D eigenvalue weighted by atomic mass is 19.1. The lowest BCUT2D eigenvalue weighted by atomic mass is 9.84. The van der Waals surface area contributed by atoms with E-state index in [4.69, 9.17) is 24.8 Å². The molecule has 1 aromatic carbocycles. The first-order chi connectivity index (χ1) is 21.5. The van der Waals surface area contributed by atoms with Crippen LogP contribution in [0.2, 0.25) is 0 Å². The number of rotatable bonds is 9. The Morgan fingerprint density at radius 1 is 1.02 bits per heavy atom. The monoisotopic (exact) mass is 646 g/mol. The number of likely N-dealkylation sites (N-methyl/N-ethyl adjacent to an activating group) is 1. The maximum atomic E-state index is 14.4. The number of halogens is 2. The number of piperidine rings is 1. The lowest BCUT2D eigenvalue weighted by Gasteiger charge is -2.33. The summed E-state index contributed by atoms with van der Waals surface area (Å²) in [4.78, 5) is 43.1. The third kappa shape index (κ3) is 8.59. The zero-order chi connectivity index (χ0) is 33.8. The van der Waals surface area contributed by atoms with E-state index in [-0.39, 0.29) is 47.8 Å². The fourth-order valence-corrected chi connectivity index (χ4v) is 5.53. The molecule has 2 aliphatic rings. The zero-order valence-corrected chi connectivity index (χ0v) is 27.5. The third-order valence-corrected chi connectivity index (χ3v) is 8.04. The number of carbonyl (C=O) groups is 2. The molecule has 14 heteroatoms. The second kappa shape index (κ2) is 14.1. The number of likely N-dealkylation sites (tertiary alicyclic amines) is 2. The van der Waals surface area contributed by atoms with Crippen LogP contribution in [0.15, 0.2) is 29.4 Å². The molecule has 2 N–H and O–H groups in total. The first-order valence-electron chi connectivity index (χ1n) is 15.5. The number of aromatic nitrogens is 2. The molecule has 0 saturated carbocycles. The fraction of sp³-hybridized carbons (Fsp3) is 0.594. The van der Waals surface area contributed by atoms with Crippen molar-refractivity contribution < 1.29 is 37.4 Å². The number of amides is 1. The van der Waals surface area contributed by atoms with Crippen LogP contribution in [0.5, 0.6) is 11.8 Å². The highest BCUT2D eigenvalue weighted by Crippen LogP contribution is 2.30. The van der Waals surface area contributed by atoms with E-state index in [9.17, 15) is 18.4 Å². The summed E-state index contributed by atoms with van der Waals surface area (Å²) in [5.41, 5.74) is 3.38. The van der Waals surface area contributed by atoms with E-state index >= 15 is 0 Å². The van der Waals surface area contributed by atoms with Crippen molar-refractivity contribution in [2.75, 3.05) is 26.7 Å². The van der Waals surface area contributed by atoms with Gasteiger partial charge in [-0.15, -0.1) is 0 Å². The standard InChI is InChI=1S/C32H44F2N6O6/c1-19(23-12-9-15-39(23)7)43-24-18-25(44-20-13-16-40(17-14-20)30(42)45-31(2,3)4)37-28(36-24)27(35)38-46-29(41)32(5,6)26-21(33)10-8-11-22(26)34/h8,10-11,18-20,23H,9,12-17H2,1-7H3,(H2,35,38)/t19-,23-/m0/s1. The summed E-state index contributed by atoms with van der Waals surface area (Å²) in [5.74, 6) is -3.01. The van der Waals surface area contributed by atoms with Crippen molar-refractivity contribution >= 4 is 17.9 Å². The van der Waals surface area contributed by atoms with Gasteiger partial charge in [0.15, 0.2) is 0 Å². The average Bonchev–Trinajstić information content (AvgIpc) is 3.40. The smallest absolute Gasteiger partial charge is 0.410 e. The van der Waals surface area contributed by atoms with Crippen LogP contribution < -0.4 is 15.2 Å². The largest absolute Gasteiger partial charge is 0.474 e. The Morgan fingerprint density at radius 2 is 1.65 bits per heavy atom. The number of hydrogen-bond donors (Lipinski definition) is 1. The maximum absolute atomic E-state index is 14.4. The van der Waals surface area contributed by atoms with Gasteiger partial charge in [0.1, 0.15) is 29.4 Å². The van der Waals surface area contributed by atoms with Gasteiger partial charge in [-0.3, -0.25) is 4.90 Å². The summed E-state index contributed by atoms with van der Waals surface area (Å²) in [7, 11) is 2.04. The molecule has 2 saturated heterocycles. The molecule has 252 valence electrons. The number of carbonyl (C=O) groups excluding carboxylic acids is 2. The van der Waals surface area contributed by atoms with E-state index in [2.05, 4.69) is 20.0 Å². The second-order valence-electron chi connectivity index (χ2n) is 13.2. The summed E-state index contributed by atoms with van der Waals surface area (Å²) >= 11 is 0. The maximum Gasteiger partial charge on any atom is 0.410 e. The van der Waals surface area contributed by atoms with Crippen molar-refractivity contribution in [3.8, 4) is 11.8 Å². The molecule has 2 aromatic rings. The zero-order valence-electron chi connectivity index (χ0n) is 27.5.